The number of hydrogen-bond acceptors (Lipinski definition) is 6. The third kappa shape index (κ3) is 4.06. The Balaban J connectivity index is 1.35. The van der Waals surface area contributed by atoms with Crippen molar-refractivity contribution < 1.29 is 9.59 Å². The predicted molar refractivity (Wildman–Crippen MR) is 107 cm³/mol. The van der Waals surface area contributed by atoms with Crippen LogP contribution in [0.5, 0.6) is 0 Å². The molecule has 0 bridgehead atoms. The molecule has 138 valence electrons. The number of carbonyl (C=O) groups excluding carboxylic acids is 2. The highest BCUT2D eigenvalue weighted by Crippen LogP contribution is 2.26. The second kappa shape index (κ2) is 7.98. The predicted octanol–water partition coefficient (Wildman–Crippen LogP) is 3.76. The Morgan fingerprint density at radius 1 is 1.11 bits per heavy atom. The first-order valence-corrected chi connectivity index (χ1v) is 10.5. The van der Waals surface area contributed by atoms with Crippen molar-refractivity contribution in [1.29, 1.82) is 0 Å². The van der Waals surface area contributed by atoms with Gasteiger partial charge < -0.3 is 10.2 Å². The van der Waals surface area contributed by atoms with E-state index in [2.05, 4.69) is 15.3 Å². The van der Waals surface area contributed by atoms with Gasteiger partial charge in [-0.05, 0) is 12.8 Å². The number of amides is 2. The summed E-state index contributed by atoms with van der Waals surface area (Å²) in [7, 11) is 0. The SMILES string of the molecule is O=C(Nc1nccs1)C1CCN(C(=O)c2csc(-c3ccccc3)n2)CC1. The van der Waals surface area contributed by atoms with Gasteiger partial charge in [-0.3, -0.25) is 9.59 Å². The van der Waals surface area contributed by atoms with Crippen LogP contribution >= 0.6 is 22.7 Å². The number of thiazole rings is 2. The molecule has 8 heteroatoms. The highest BCUT2D eigenvalue weighted by Gasteiger charge is 2.29. The number of carbonyl (C=O) groups is 2. The molecular weight excluding hydrogens is 380 g/mol. The zero-order valence-corrected chi connectivity index (χ0v) is 16.1. The molecule has 4 rings (SSSR count). The molecule has 1 fully saturated rings. The topological polar surface area (TPSA) is 75.2 Å². The summed E-state index contributed by atoms with van der Waals surface area (Å²) >= 11 is 2.88. The summed E-state index contributed by atoms with van der Waals surface area (Å²) in [6.07, 6.45) is 2.97. The molecule has 1 aromatic carbocycles. The zero-order valence-electron chi connectivity index (χ0n) is 14.5. The number of likely N-dealkylation sites (tertiary alicyclic amines) is 1. The Morgan fingerprint density at radius 2 is 1.89 bits per heavy atom. The van der Waals surface area contributed by atoms with Gasteiger partial charge in [-0.2, -0.15) is 0 Å². The fourth-order valence-corrected chi connectivity index (χ4v) is 4.42. The van der Waals surface area contributed by atoms with Crippen molar-refractivity contribution >= 4 is 39.6 Å². The Bertz CT molecular complexity index is 916. The molecule has 0 unspecified atom stereocenters. The third-order valence-electron chi connectivity index (χ3n) is 4.56. The monoisotopic (exact) mass is 398 g/mol. The van der Waals surface area contributed by atoms with E-state index in [-0.39, 0.29) is 17.7 Å². The highest BCUT2D eigenvalue weighted by atomic mass is 32.1. The molecular formula is C19H18N4O2S2. The van der Waals surface area contributed by atoms with Gasteiger partial charge in [-0.25, -0.2) is 9.97 Å². The van der Waals surface area contributed by atoms with Crippen LogP contribution < -0.4 is 5.32 Å². The van der Waals surface area contributed by atoms with Gasteiger partial charge in [0.1, 0.15) is 10.7 Å². The lowest BCUT2D eigenvalue weighted by Crippen LogP contribution is -2.41. The number of piperidine rings is 1. The van der Waals surface area contributed by atoms with Crippen molar-refractivity contribution in [2.75, 3.05) is 18.4 Å². The Labute approximate surface area is 164 Å². The van der Waals surface area contributed by atoms with Gasteiger partial charge in [-0.15, -0.1) is 22.7 Å². The van der Waals surface area contributed by atoms with Gasteiger partial charge in [0.25, 0.3) is 5.91 Å². The van der Waals surface area contributed by atoms with Crippen molar-refractivity contribution in [3.8, 4) is 10.6 Å². The van der Waals surface area contributed by atoms with E-state index in [1.807, 2.05) is 41.1 Å². The molecule has 2 amide bonds. The van der Waals surface area contributed by atoms with E-state index in [1.165, 1.54) is 22.7 Å². The van der Waals surface area contributed by atoms with Gasteiger partial charge in [0.15, 0.2) is 5.13 Å². The fraction of sp³-hybridized carbons (Fsp3) is 0.263. The molecule has 6 nitrogen and oxygen atoms in total. The first-order chi connectivity index (χ1) is 13.2. The number of rotatable bonds is 4. The van der Waals surface area contributed by atoms with Gasteiger partial charge in [-0.1, -0.05) is 30.3 Å². The molecule has 0 radical (unpaired) electrons. The maximum absolute atomic E-state index is 12.7. The summed E-state index contributed by atoms with van der Waals surface area (Å²) < 4.78 is 0. The number of nitrogens with zero attached hydrogens (tertiary/aromatic N) is 3. The average Bonchev–Trinajstić information content (AvgIpc) is 3.40. The lowest BCUT2D eigenvalue weighted by Gasteiger charge is -2.30. The van der Waals surface area contributed by atoms with Crippen LogP contribution in [-0.4, -0.2) is 39.8 Å². The Morgan fingerprint density at radius 3 is 2.59 bits per heavy atom. The molecule has 0 atom stereocenters. The van der Waals surface area contributed by atoms with Crippen molar-refractivity contribution in [3.63, 3.8) is 0 Å². The molecule has 1 saturated heterocycles. The molecule has 3 aromatic rings. The summed E-state index contributed by atoms with van der Waals surface area (Å²) in [4.78, 5) is 35.4. The number of nitrogens with one attached hydrogen (secondary N) is 1. The number of anilines is 1. The van der Waals surface area contributed by atoms with E-state index in [0.29, 0.717) is 36.8 Å². The smallest absolute Gasteiger partial charge is 0.273 e. The summed E-state index contributed by atoms with van der Waals surface area (Å²) in [6, 6.07) is 9.84. The van der Waals surface area contributed by atoms with Crippen molar-refractivity contribution in [3.05, 3.63) is 53.0 Å². The van der Waals surface area contributed by atoms with Gasteiger partial charge in [0.2, 0.25) is 5.91 Å². The summed E-state index contributed by atoms with van der Waals surface area (Å²) in [5.41, 5.74) is 1.49. The molecule has 1 aliphatic rings. The third-order valence-corrected chi connectivity index (χ3v) is 6.14. The van der Waals surface area contributed by atoms with Crippen LogP contribution in [0.25, 0.3) is 10.6 Å². The van der Waals surface area contributed by atoms with E-state index >= 15 is 0 Å². The van der Waals surface area contributed by atoms with E-state index in [1.54, 1.807) is 11.1 Å². The van der Waals surface area contributed by atoms with E-state index in [0.717, 1.165) is 10.6 Å². The quantitative estimate of drug-likeness (QED) is 0.726. The Kier molecular flexibility index (Phi) is 5.26. The van der Waals surface area contributed by atoms with Crippen LogP contribution in [0.15, 0.2) is 47.3 Å². The lowest BCUT2D eigenvalue weighted by atomic mass is 9.96. The molecule has 0 spiro atoms. The van der Waals surface area contributed by atoms with Crippen LogP contribution in [0.3, 0.4) is 0 Å². The highest BCUT2D eigenvalue weighted by molar-refractivity contribution is 7.13. The van der Waals surface area contributed by atoms with Crippen molar-refractivity contribution in [1.82, 2.24) is 14.9 Å². The van der Waals surface area contributed by atoms with Crippen LogP contribution in [0.1, 0.15) is 23.3 Å². The molecule has 0 aliphatic carbocycles. The standard InChI is InChI=1S/C19H18N4O2S2/c24-16(22-19-20-8-11-26-19)13-6-9-23(10-7-13)18(25)15-12-27-17(21-15)14-4-2-1-3-5-14/h1-5,8,11-13H,6-7,9-10H2,(H,20,22,24). The zero-order chi connectivity index (χ0) is 18.6. The molecule has 1 N–H and O–H groups in total. The molecule has 0 saturated carbocycles. The summed E-state index contributed by atoms with van der Waals surface area (Å²) in [6.45, 7) is 1.12. The van der Waals surface area contributed by atoms with Crippen molar-refractivity contribution in [2.45, 2.75) is 12.8 Å². The first kappa shape index (κ1) is 17.8. The van der Waals surface area contributed by atoms with Crippen molar-refractivity contribution in [2.24, 2.45) is 5.92 Å². The number of hydrogen-bond donors (Lipinski definition) is 1. The van der Waals surface area contributed by atoms with Crippen LogP contribution in [0, 0.1) is 5.92 Å². The minimum Gasteiger partial charge on any atom is -0.337 e. The normalized spacial score (nSPS) is 14.9. The second-order valence-corrected chi connectivity index (χ2v) is 8.05. The van der Waals surface area contributed by atoms with E-state index in [9.17, 15) is 9.59 Å². The second-order valence-electron chi connectivity index (χ2n) is 6.30. The van der Waals surface area contributed by atoms with E-state index in [4.69, 9.17) is 0 Å². The number of benzene rings is 1. The van der Waals surface area contributed by atoms with Crippen LogP contribution in [0.4, 0.5) is 5.13 Å². The van der Waals surface area contributed by atoms with Crippen LogP contribution in [-0.2, 0) is 4.79 Å². The van der Waals surface area contributed by atoms with Crippen LogP contribution in [0.2, 0.25) is 0 Å². The molecule has 3 heterocycles. The minimum atomic E-state index is -0.0896. The van der Waals surface area contributed by atoms with Gasteiger partial charge >= 0.3 is 0 Å². The summed E-state index contributed by atoms with van der Waals surface area (Å²) in [5.74, 6) is -0.169. The fourth-order valence-electron chi connectivity index (χ4n) is 3.08. The maximum Gasteiger partial charge on any atom is 0.273 e. The first-order valence-electron chi connectivity index (χ1n) is 8.71. The molecule has 1 aliphatic heterocycles. The lowest BCUT2D eigenvalue weighted by molar-refractivity contribution is -0.121. The minimum absolute atomic E-state index is 0.0166. The molecule has 27 heavy (non-hydrogen) atoms. The molecule has 2 aromatic heterocycles. The average molecular weight is 399 g/mol. The van der Waals surface area contributed by atoms with E-state index < -0.39 is 0 Å². The van der Waals surface area contributed by atoms with Gasteiger partial charge in [0.05, 0.1) is 0 Å². The maximum atomic E-state index is 12.7. The Hall–Kier alpha value is -2.58. The summed E-state index contributed by atoms with van der Waals surface area (Å²) in [5, 5.41) is 7.95. The largest absolute Gasteiger partial charge is 0.337 e. The number of aromatic nitrogens is 2. The van der Waals surface area contributed by atoms with Gasteiger partial charge in [0, 0.05) is 41.5 Å².